The fraction of sp³-hybridized carbons (Fsp3) is 0.314. The Morgan fingerprint density at radius 3 is 1.39 bits per heavy atom. The predicted molar refractivity (Wildman–Crippen MR) is 154 cm³/mol. The van der Waals surface area contributed by atoms with Gasteiger partial charge in [-0.3, -0.25) is 0 Å². The van der Waals surface area contributed by atoms with Crippen LogP contribution in [0.3, 0.4) is 0 Å². The van der Waals surface area contributed by atoms with Gasteiger partial charge in [0.2, 0.25) is 0 Å². The topological polar surface area (TPSA) is 62.0 Å². The lowest BCUT2D eigenvalue weighted by molar-refractivity contribution is -0.173. The number of benzene rings is 4. The van der Waals surface area contributed by atoms with Crippen LogP contribution in [0, 0.1) is 0 Å². The van der Waals surface area contributed by atoms with Crippen molar-refractivity contribution in [2.45, 2.75) is 44.1 Å². The van der Waals surface area contributed by atoms with Crippen molar-refractivity contribution in [2.24, 2.45) is 0 Å². The predicted octanol–water partition coefficient (Wildman–Crippen LogP) is 7.01. The zero-order valence-electron chi connectivity index (χ0n) is 23.3. The molecule has 0 radical (unpaired) electrons. The van der Waals surface area contributed by atoms with Crippen LogP contribution in [-0.2, 0) is 24.4 Å². The Hall–Kier alpha value is -3.68. The fourth-order valence-electron chi connectivity index (χ4n) is 6.56. The van der Waals surface area contributed by atoms with Crippen molar-refractivity contribution in [3.8, 4) is 33.8 Å². The lowest BCUT2D eigenvalue weighted by atomic mass is 9.70. The monoisotopic (exact) mass is 548 g/mol. The minimum absolute atomic E-state index is 0.422. The Labute approximate surface area is 239 Å². The summed E-state index contributed by atoms with van der Waals surface area (Å²) >= 11 is 0. The van der Waals surface area contributed by atoms with Crippen LogP contribution in [0.25, 0.3) is 22.3 Å². The first-order chi connectivity index (χ1) is 20.1. The first-order valence-electron chi connectivity index (χ1n) is 14.5. The average Bonchev–Trinajstić information content (AvgIpc) is 3.91. The van der Waals surface area contributed by atoms with Crippen molar-refractivity contribution >= 4 is 0 Å². The molecule has 2 saturated heterocycles. The van der Waals surface area contributed by atoms with E-state index in [0.717, 1.165) is 24.3 Å². The molecule has 8 rings (SSSR count). The Balaban J connectivity index is 1.30. The molecule has 2 unspecified atom stereocenters. The Morgan fingerprint density at radius 2 is 0.976 bits per heavy atom. The van der Waals surface area contributed by atoms with Crippen LogP contribution in [0.15, 0.2) is 84.9 Å². The normalized spacial score (nSPS) is 23.5. The van der Waals surface area contributed by atoms with Crippen molar-refractivity contribution in [1.29, 1.82) is 0 Å². The van der Waals surface area contributed by atoms with E-state index in [1.807, 2.05) is 12.1 Å². The highest BCUT2D eigenvalue weighted by atomic mass is 16.9. The molecule has 41 heavy (non-hydrogen) atoms. The molecule has 6 nitrogen and oxygen atoms in total. The van der Waals surface area contributed by atoms with Gasteiger partial charge in [0.05, 0.1) is 18.6 Å². The zero-order chi connectivity index (χ0) is 27.7. The maximum absolute atomic E-state index is 6.35. The molecular formula is C35H32O6. The summed E-state index contributed by atoms with van der Waals surface area (Å²) in [7, 11) is 0. The van der Waals surface area contributed by atoms with Gasteiger partial charge in [0.1, 0.15) is 24.7 Å². The van der Waals surface area contributed by atoms with E-state index in [4.69, 9.17) is 28.4 Å². The average molecular weight is 549 g/mol. The van der Waals surface area contributed by atoms with Crippen LogP contribution in [0.5, 0.6) is 11.5 Å². The minimum atomic E-state index is -0.994. The summed E-state index contributed by atoms with van der Waals surface area (Å²) in [6, 6.07) is 30.1. The second-order valence-electron chi connectivity index (χ2n) is 11.1. The van der Waals surface area contributed by atoms with Gasteiger partial charge in [-0.15, -0.1) is 0 Å². The molecule has 2 aliphatic carbocycles. The molecule has 4 aliphatic rings. The highest BCUT2D eigenvalue weighted by Gasteiger charge is 2.54. The molecule has 2 heterocycles. The first-order valence-corrected chi connectivity index (χ1v) is 14.5. The number of hydrogen-bond acceptors (Lipinski definition) is 6. The van der Waals surface area contributed by atoms with E-state index in [1.165, 1.54) is 44.5 Å². The lowest BCUT2D eigenvalue weighted by Crippen LogP contribution is -2.28. The third-order valence-corrected chi connectivity index (χ3v) is 8.39. The second kappa shape index (κ2) is 9.16. The maximum Gasteiger partial charge on any atom is 0.352 e. The molecule has 2 fully saturated rings. The van der Waals surface area contributed by atoms with E-state index in [9.17, 15) is 0 Å². The largest absolute Gasteiger partial charge is 0.437 e. The molecule has 2 aliphatic heterocycles. The number of rotatable bonds is 10. The van der Waals surface area contributed by atoms with Crippen molar-refractivity contribution < 1.29 is 28.4 Å². The van der Waals surface area contributed by atoms with Gasteiger partial charge in [0.15, 0.2) is 0 Å². The molecular weight excluding hydrogens is 516 g/mol. The number of hydrogen-bond donors (Lipinski definition) is 0. The van der Waals surface area contributed by atoms with Gasteiger partial charge in [-0.05, 0) is 81.6 Å². The molecule has 6 heteroatoms. The summed E-state index contributed by atoms with van der Waals surface area (Å²) in [5.41, 5.74) is 9.11. The molecule has 0 N–H and O–H groups in total. The van der Waals surface area contributed by atoms with E-state index in [2.05, 4.69) is 86.6 Å². The SMILES string of the molecule is CCCOC1(Oc2ccc3c(c2)C2(c4ccccc4-c4ccccc42)c2cc(OC4(OCCC)CO4)ccc2-3)CO1. The van der Waals surface area contributed by atoms with E-state index >= 15 is 0 Å². The molecule has 1 spiro atoms. The van der Waals surface area contributed by atoms with Gasteiger partial charge < -0.3 is 28.4 Å². The van der Waals surface area contributed by atoms with Crippen LogP contribution >= 0.6 is 0 Å². The van der Waals surface area contributed by atoms with E-state index in [0.29, 0.717) is 26.4 Å². The summed E-state index contributed by atoms with van der Waals surface area (Å²) < 4.78 is 35.8. The fourth-order valence-corrected chi connectivity index (χ4v) is 6.56. The standard InChI is InChI=1S/C35H32O6/c1-3-17-36-33(21-38-33)40-23-13-15-27-28-16-14-24(41-34(22-39-34)37-18-4-2)20-32(28)35(31(27)19-23)29-11-7-5-9-25(29)26-10-6-8-12-30(26)35/h5-16,19-20H,3-4,17-18,21-22H2,1-2H3. The van der Waals surface area contributed by atoms with E-state index in [1.54, 1.807) is 0 Å². The van der Waals surface area contributed by atoms with Gasteiger partial charge in [-0.25, -0.2) is 0 Å². The summed E-state index contributed by atoms with van der Waals surface area (Å²) in [6.07, 6.45) is 1.79. The van der Waals surface area contributed by atoms with Crippen LogP contribution < -0.4 is 9.47 Å². The third kappa shape index (κ3) is 3.78. The molecule has 0 bridgehead atoms. The van der Waals surface area contributed by atoms with E-state index < -0.39 is 17.4 Å². The lowest BCUT2D eigenvalue weighted by Gasteiger charge is -2.31. The Kier molecular flexibility index (Phi) is 5.60. The van der Waals surface area contributed by atoms with Gasteiger partial charge in [0.25, 0.3) is 0 Å². The van der Waals surface area contributed by atoms with Crippen molar-refractivity contribution in [3.63, 3.8) is 0 Å². The molecule has 0 amide bonds. The van der Waals surface area contributed by atoms with Gasteiger partial charge in [-0.2, -0.15) is 0 Å². The highest BCUT2D eigenvalue weighted by Crippen LogP contribution is 2.63. The number of ether oxygens (including phenoxy) is 6. The number of fused-ring (bicyclic) bond motifs is 10. The quantitative estimate of drug-likeness (QED) is 0.136. The summed E-state index contributed by atoms with van der Waals surface area (Å²) in [5.74, 6) is -0.541. The van der Waals surface area contributed by atoms with Gasteiger partial charge in [-0.1, -0.05) is 74.5 Å². The maximum atomic E-state index is 6.35. The molecule has 0 saturated carbocycles. The van der Waals surface area contributed by atoms with E-state index in [-0.39, 0.29) is 0 Å². The summed E-state index contributed by atoms with van der Waals surface area (Å²) in [5, 5.41) is 0. The Morgan fingerprint density at radius 1 is 0.561 bits per heavy atom. The van der Waals surface area contributed by atoms with Crippen LogP contribution in [0.1, 0.15) is 48.9 Å². The smallest absolute Gasteiger partial charge is 0.352 e. The third-order valence-electron chi connectivity index (χ3n) is 8.39. The van der Waals surface area contributed by atoms with Crippen LogP contribution in [0.4, 0.5) is 0 Å². The molecule has 2 atom stereocenters. The first kappa shape index (κ1) is 25.1. The van der Waals surface area contributed by atoms with Crippen LogP contribution in [-0.4, -0.2) is 38.4 Å². The van der Waals surface area contributed by atoms with Gasteiger partial charge >= 0.3 is 11.9 Å². The molecule has 0 aromatic heterocycles. The van der Waals surface area contributed by atoms with Crippen LogP contribution in [0.2, 0.25) is 0 Å². The molecule has 4 aromatic rings. The number of epoxide rings is 2. The zero-order valence-corrected chi connectivity index (χ0v) is 23.3. The van der Waals surface area contributed by atoms with Crippen molar-refractivity contribution in [1.82, 2.24) is 0 Å². The molecule has 208 valence electrons. The van der Waals surface area contributed by atoms with Crippen molar-refractivity contribution in [3.05, 3.63) is 107 Å². The minimum Gasteiger partial charge on any atom is -0.437 e. The Bertz CT molecular complexity index is 1530. The summed E-state index contributed by atoms with van der Waals surface area (Å²) in [6.45, 7) is 6.16. The summed E-state index contributed by atoms with van der Waals surface area (Å²) in [4.78, 5) is 0. The van der Waals surface area contributed by atoms with Gasteiger partial charge in [0, 0.05) is 0 Å². The highest BCUT2D eigenvalue weighted by molar-refractivity contribution is 5.95. The second-order valence-corrected chi connectivity index (χ2v) is 11.1. The van der Waals surface area contributed by atoms with Crippen molar-refractivity contribution in [2.75, 3.05) is 26.4 Å². The molecule has 4 aromatic carbocycles.